The molecule has 8 heteroatoms. The summed E-state index contributed by atoms with van der Waals surface area (Å²) in [6, 6.07) is 14.9. The standard InChI is InChI=1S/C27H31Cl2FN4O/c28-20-5-3-7-25(26(20)29)34-14-12-33(13-15-34)11-10-18-8-9-23(21(30)16-18)32-27(35)24-17-19-4-1-2-6-22(19)31-24/h1-7,17-18,21,23,31H,8-16H2,(H,32,35). The zero-order valence-electron chi connectivity index (χ0n) is 19.7. The fourth-order valence-electron chi connectivity index (χ4n) is 5.38. The number of aromatic amines is 1. The SMILES string of the molecule is O=C(NC1CCC(CCN2CCN(c3cccc(Cl)c3Cl)CC2)CC1F)c1cc2ccccc2[nH]1. The molecule has 3 unspecified atom stereocenters. The molecule has 0 spiro atoms. The Morgan fingerprint density at radius 3 is 2.63 bits per heavy atom. The summed E-state index contributed by atoms with van der Waals surface area (Å²) in [5.74, 6) is 0.122. The highest BCUT2D eigenvalue weighted by Crippen LogP contribution is 2.33. The molecule has 1 aromatic heterocycles. The summed E-state index contributed by atoms with van der Waals surface area (Å²) >= 11 is 12.6. The minimum absolute atomic E-state index is 0.232. The van der Waals surface area contributed by atoms with E-state index in [1.807, 2.05) is 48.5 Å². The number of nitrogens with zero attached hydrogens (tertiary/aromatic N) is 2. The van der Waals surface area contributed by atoms with Gasteiger partial charge in [0.1, 0.15) is 11.9 Å². The molecule has 2 aromatic carbocycles. The molecule has 1 saturated carbocycles. The normalized spacial score (nSPS) is 23.5. The first-order valence-electron chi connectivity index (χ1n) is 12.4. The van der Waals surface area contributed by atoms with Crippen LogP contribution in [0, 0.1) is 5.92 Å². The molecule has 3 atom stereocenters. The summed E-state index contributed by atoms with van der Waals surface area (Å²) in [5.41, 5.74) is 2.39. The number of para-hydroxylation sites is 1. The minimum atomic E-state index is -1.01. The molecule has 0 bridgehead atoms. The number of anilines is 1. The molecule has 2 heterocycles. The van der Waals surface area contributed by atoms with Gasteiger partial charge in [-0.25, -0.2) is 4.39 Å². The van der Waals surface area contributed by atoms with E-state index in [-0.39, 0.29) is 5.91 Å². The molecule has 5 rings (SSSR count). The molecular formula is C27H31Cl2FN4O. The Morgan fingerprint density at radius 1 is 1.06 bits per heavy atom. The van der Waals surface area contributed by atoms with Crippen molar-refractivity contribution in [3.05, 3.63) is 64.3 Å². The van der Waals surface area contributed by atoms with Crippen molar-refractivity contribution in [3.8, 4) is 0 Å². The molecule has 1 aliphatic carbocycles. The number of H-pyrrole nitrogens is 1. The maximum atomic E-state index is 15.0. The average molecular weight is 517 g/mol. The lowest BCUT2D eigenvalue weighted by molar-refractivity contribution is 0.0837. The Kier molecular flexibility index (Phi) is 7.51. The van der Waals surface area contributed by atoms with E-state index in [0.29, 0.717) is 34.5 Å². The van der Waals surface area contributed by atoms with Gasteiger partial charge in [0.25, 0.3) is 5.91 Å². The number of hydrogen-bond donors (Lipinski definition) is 2. The minimum Gasteiger partial charge on any atom is -0.368 e. The van der Waals surface area contributed by atoms with Gasteiger partial charge in [-0.1, -0.05) is 47.5 Å². The number of aromatic nitrogens is 1. The number of carbonyl (C=O) groups excluding carboxylic acids is 1. The van der Waals surface area contributed by atoms with Crippen LogP contribution in [0.25, 0.3) is 10.9 Å². The maximum absolute atomic E-state index is 15.0. The topological polar surface area (TPSA) is 51.4 Å². The number of piperazine rings is 1. The largest absolute Gasteiger partial charge is 0.368 e. The third kappa shape index (κ3) is 5.60. The first kappa shape index (κ1) is 24.4. The predicted octanol–water partition coefficient (Wildman–Crippen LogP) is 5.92. The van der Waals surface area contributed by atoms with E-state index in [1.54, 1.807) is 0 Å². The average Bonchev–Trinajstić information content (AvgIpc) is 3.31. The first-order chi connectivity index (χ1) is 17.0. The van der Waals surface area contributed by atoms with Crippen molar-refractivity contribution in [3.63, 3.8) is 0 Å². The summed E-state index contributed by atoms with van der Waals surface area (Å²) in [4.78, 5) is 20.5. The Morgan fingerprint density at radius 2 is 1.86 bits per heavy atom. The number of rotatable bonds is 6. The van der Waals surface area contributed by atoms with E-state index < -0.39 is 12.2 Å². The fraction of sp³-hybridized carbons (Fsp3) is 0.444. The van der Waals surface area contributed by atoms with Crippen LogP contribution in [0.1, 0.15) is 36.2 Å². The third-order valence-electron chi connectivity index (χ3n) is 7.47. The highest BCUT2D eigenvalue weighted by Gasteiger charge is 2.32. The number of fused-ring (bicyclic) bond motifs is 1. The van der Waals surface area contributed by atoms with E-state index in [9.17, 15) is 9.18 Å². The lowest BCUT2D eigenvalue weighted by atomic mass is 9.82. The van der Waals surface area contributed by atoms with Crippen LogP contribution in [0.5, 0.6) is 0 Å². The molecule has 3 aromatic rings. The second-order valence-electron chi connectivity index (χ2n) is 9.74. The molecule has 1 amide bonds. The number of benzene rings is 2. The van der Waals surface area contributed by atoms with E-state index in [0.717, 1.165) is 62.2 Å². The highest BCUT2D eigenvalue weighted by molar-refractivity contribution is 6.43. The zero-order chi connectivity index (χ0) is 24.4. The Labute approximate surface area is 215 Å². The van der Waals surface area contributed by atoms with Crippen molar-refractivity contribution in [2.75, 3.05) is 37.6 Å². The van der Waals surface area contributed by atoms with E-state index in [1.165, 1.54) is 0 Å². The molecule has 186 valence electrons. The van der Waals surface area contributed by atoms with Gasteiger partial charge in [0, 0.05) is 37.1 Å². The van der Waals surface area contributed by atoms with Gasteiger partial charge in [-0.3, -0.25) is 9.69 Å². The van der Waals surface area contributed by atoms with E-state index >= 15 is 0 Å². The second-order valence-corrected chi connectivity index (χ2v) is 10.5. The molecule has 1 saturated heterocycles. The van der Waals surface area contributed by atoms with Crippen molar-refractivity contribution >= 4 is 45.7 Å². The maximum Gasteiger partial charge on any atom is 0.268 e. The van der Waals surface area contributed by atoms with Gasteiger partial charge in [0.2, 0.25) is 0 Å². The van der Waals surface area contributed by atoms with Crippen LogP contribution >= 0.6 is 23.2 Å². The fourth-order valence-corrected chi connectivity index (χ4v) is 5.79. The van der Waals surface area contributed by atoms with Gasteiger partial charge in [0.05, 0.1) is 21.8 Å². The van der Waals surface area contributed by atoms with Gasteiger partial charge in [-0.05, 0) is 62.4 Å². The summed E-state index contributed by atoms with van der Waals surface area (Å²) in [6.07, 6.45) is 2.11. The van der Waals surface area contributed by atoms with Gasteiger partial charge in [-0.15, -0.1) is 0 Å². The first-order valence-corrected chi connectivity index (χ1v) is 13.2. The summed E-state index contributed by atoms with van der Waals surface area (Å²) in [5, 5.41) is 5.10. The number of hydrogen-bond acceptors (Lipinski definition) is 3. The van der Waals surface area contributed by atoms with Crippen molar-refractivity contribution < 1.29 is 9.18 Å². The molecule has 0 radical (unpaired) electrons. The van der Waals surface area contributed by atoms with Crippen LogP contribution in [-0.4, -0.2) is 60.7 Å². The molecule has 2 fully saturated rings. The monoisotopic (exact) mass is 516 g/mol. The lowest BCUT2D eigenvalue weighted by Gasteiger charge is -2.38. The number of amides is 1. The Balaban J connectivity index is 1.06. The quantitative estimate of drug-likeness (QED) is 0.427. The molecule has 2 N–H and O–H groups in total. The Hall–Kier alpha value is -2.28. The van der Waals surface area contributed by atoms with Crippen molar-refractivity contribution in [2.45, 2.75) is 37.9 Å². The summed E-state index contributed by atoms with van der Waals surface area (Å²) in [7, 11) is 0. The van der Waals surface area contributed by atoms with Gasteiger partial charge < -0.3 is 15.2 Å². The predicted molar refractivity (Wildman–Crippen MR) is 142 cm³/mol. The highest BCUT2D eigenvalue weighted by atomic mass is 35.5. The van der Waals surface area contributed by atoms with Crippen LogP contribution in [0.3, 0.4) is 0 Å². The summed E-state index contributed by atoms with van der Waals surface area (Å²) < 4.78 is 15.0. The van der Waals surface area contributed by atoms with Crippen LogP contribution in [0.4, 0.5) is 10.1 Å². The van der Waals surface area contributed by atoms with Gasteiger partial charge in [0.15, 0.2) is 0 Å². The number of alkyl halides is 1. The van der Waals surface area contributed by atoms with Crippen molar-refractivity contribution in [2.24, 2.45) is 5.92 Å². The molecule has 5 nitrogen and oxygen atoms in total. The van der Waals surface area contributed by atoms with Gasteiger partial charge in [-0.2, -0.15) is 0 Å². The second kappa shape index (κ2) is 10.8. The van der Waals surface area contributed by atoms with Crippen molar-refractivity contribution in [1.29, 1.82) is 0 Å². The number of halogens is 3. The zero-order valence-corrected chi connectivity index (χ0v) is 21.2. The van der Waals surface area contributed by atoms with Crippen LogP contribution in [-0.2, 0) is 0 Å². The lowest BCUT2D eigenvalue weighted by Crippen LogP contribution is -2.48. The number of carbonyl (C=O) groups is 1. The van der Waals surface area contributed by atoms with Crippen LogP contribution in [0.2, 0.25) is 10.0 Å². The molecular weight excluding hydrogens is 486 g/mol. The van der Waals surface area contributed by atoms with Crippen LogP contribution in [0.15, 0.2) is 48.5 Å². The summed E-state index contributed by atoms with van der Waals surface area (Å²) in [6.45, 7) is 4.69. The molecule has 1 aliphatic heterocycles. The molecule has 2 aliphatic rings. The van der Waals surface area contributed by atoms with Gasteiger partial charge >= 0.3 is 0 Å². The Bertz CT molecular complexity index is 1140. The van der Waals surface area contributed by atoms with E-state index in [2.05, 4.69) is 20.1 Å². The third-order valence-corrected chi connectivity index (χ3v) is 8.28. The van der Waals surface area contributed by atoms with E-state index in [4.69, 9.17) is 23.2 Å². The van der Waals surface area contributed by atoms with Crippen molar-refractivity contribution in [1.82, 2.24) is 15.2 Å². The smallest absolute Gasteiger partial charge is 0.268 e. The van der Waals surface area contributed by atoms with Crippen LogP contribution < -0.4 is 10.2 Å². The number of nitrogens with one attached hydrogen (secondary N) is 2. The molecule has 35 heavy (non-hydrogen) atoms.